The number of fused-ring (bicyclic) bond motifs is 1. The van der Waals surface area contributed by atoms with Gasteiger partial charge in [0.05, 0.1) is 18.6 Å². The van der Waals surface area contributed by atoms with Gasteiger partial charge in [-0.15, -0.1) is 10.1 Å². The van der Waals surface area contributed by atoms with E-state index in [9.17, 15) is 19.7 Å². The van der Waals surface area contributed by atoms with Crippen molar-refractivity contribution in [2.45, 2.75) is 75.5 Å². The predicted octanol–water partition coefficient (Wildman–Crippen LogP) is 1.73. The number of rotatable bonds is 6. The first-order valence-electron chi connectivity index (χ1n) is 10.8. The molecule has 0 radical (unpaired) electrons. The van der Waals surface area contributed by atoms with E-state index in [2.05, 4.69) is 11.4 Å². The van der Waals surface area contributed by atoms with E-state index < -0.39 is 46.5 Å². The second-order valence-electron chi connectivity index (χ2n) is 10.0. The van der Waals surface area contributed by atoms with E-state index >= 15 is 0 Å². The first-order chi connectivity index (χ1) is 14.7. The fourth-order valence-corrected chi connectivity index (χ4v) is 6.81. The van der Waals surface area contributed by atoms with Crippen LogP contribution in [0.4, 0.5) is 0 Å². The molecule has 6 atom stereocenters. The van der Waals surface area contributed by atoms with Gasteiger partial charge in [0.1, 0.15) is 17.8 Å². The zero-order valence-corrected chi connectivity index (χ0v) is 17.4. The maximum atomic E-state index is 13.4. The quantitative estimate of drug-likeness (QED) is 0.264. The van der Waals surface area contributed by atoms with Crippen molar-refractivity contribution in [1.29, 1.82) is 0 Å². The molecule has 4 bridgehead atoms. The number of carbonyl (C=O) groups is 2. The van der Waals surface area contributed by atoms with Gasteiger partial charge in [-0.25, -0.2) is 4.79 Å². The lowest BCUT2D eigenvalue weighted by Crippen LogP contribution is -2.60. The average Bonchev–Trinajstić information content (AvgIpc) is 3.23. The van der Waals surface area contributed by atoms with Crippen LogP contribution in [0.25, 0.3) is 0 Å². The minimum atomic E-state index is -0.861. The summed E-state index contributed by atoms with van der Waals surface area (Å²) in [5.41, 5.74) is -0.971. The highest BCUT2D eigenvalue weighted by Crippen LogP contribution is 2.63. The zero-order valence-electron chi connectivity index (χ0n) is 17.4. The van der Waals surface area contributed by atoms with E-state index in [1.54, 1.807) is 6.92 Å². The van der Waals surface area contributed by atoms with Gasteiger partial charge in [-0.05, 0) is 50.9 Å². The Morgan fingerprint density at radius 1 is 1.06 bits per heavy atom. The topological polar surface area (TPSA) is 123 Å². The number of hydrogen-bond donors (Lipinski definition) is 0. The molecule has 0 N–H and O–H groups in total. The Bertz CT molecular complexity index is 812. The lowest BCUT2D eigenvalue weighted by Gasteiger charge is -2.59. The monoisotopic (exact) mass is 437 g/mol. The molecule has 0 aromatic heterocycles. The summed E-state index contributed by atoms with van der Waals surface area (Å²) in [7, 11) is 0. The molecular formula is C21H27NO9. The first-order valence-corrected chi connectivity index (χ1v) is 10.8. The smallest absolute Gasteiger partial charge is 0.333 e. The summed E-state index contributed by atoms with van der Waals surface area (Å²) < 4.78 is 23.0. The molecule has 4 saturated carbocycles. The maximum absolute atomic E-state index is 13.4. The Morgan fingerprint density at radius 2 is 1.68 bits per heavy atom. The van der Waals surface area contributed by atoms with Crippen LogP contribution in [0.5, 0.6) is 0 Å². The number of ether oxygens (including phenoxy) is 4. The number of nitrogens with zero attached hydrogens (tertiary/aromatic N) is 1. The van der Waals surface area contributed by atoms with Gasteiger partial charge in [0, 0.05) is 12.0 Å². The van der Waals surface area contributed by atoms with Gasteiger partial charge < -0.3 is 23.8 Å². The standard InChI is InChI=1S/C21H27NO9/c1-11(2)18(23)30-21-6-12-3-13(7-21)5-20(4-12,10-21)19(24)29-14-8-27-17-15(31-22(25)26)9-28-16(14)17/h12-17H,1,3-10H2,2H3. The molecule has 0 amide bonds. The second kappa shape index (κ2) is 7.16. The van der Waals surface area contributed by atoms with Gasteiger partial charge in [0.15, 0.2) is 12.2 Å². The Balaban J connectivity index is 1.29. The van der Waals surface area contributed by atoms with Gasteiger partial charge in [-0.2, -0.15) is 0 Å². The van der Waals surface area contributed by atoms with Crippen molar-refractivity contribution in [3.8, 4) is 0 Å². The van der Waals surface area contributed by atoms with Crippen LogP contribution in [0.15, 0.2) is 12.2 Å². The van der Waals surface area contributed by atoms with Crippen molar-refractivity contribution < 1.29 is 38.5 Å². The molecule has 6 unspecified atom stereocenters. The van der Waals surface area contributed by atoms with Crippen molar-refractivity contribution in [3.63, 3.8) is 0 Å². The normalized spacial score (nSPS) is 44.5. The molecular weight excluding hydrogens is 410 g/mol. The highest BCUT2D eigenvalue weighted by atomic mass is 17.0. The molecule has 6 aliphatic rings. The minimum Gasteiger partial charge on any atom is -0.457 e. The van der Waals surface area contributed by atoms with Gasteiger partial charge in [0.2, 0.25) is 0 Å². The number of hydrogen-bond acceptors (Lipinski definition) is 9. The third kappa shape index (κ3) is 3.49. The molecule has 0 spiro atoms. The first kappa shape index (κ1) is 20.7. The molecule has 170 valence electrons. The molecule has 6 rings (SSSR count). The van der Waals surface area contributed by atoms with Crippen LogP contribution in [-0.4, -0.2) is 60.3 Å². The Morgan fingerprint density at radius 3 is 2.29 bits per heavy atom. The van der Waals surface area contributed by atoms with Crippen LogP contribution in [0.3, 0.4) is 0 Å². The van der Waals surface area contributed by atoms with E-state index in [1.807, 2.05) is 0 Å². The van der Waals surface area contributed by atoms with Crippen LogP contribution < -0.4 is 0 Å². The molecule has 2 aliphatic heterocycles. The van der Waals surface area contributed by atoms with Crippen LogP contribution >= 0.6 is 0 Å². The van der Waals surface area contributed by atoms with Crippen LogP contribution in [0.1, 0.15) is 45.4 Å². The summed E-state index contributed by atoms with van der Waals surface area (Å²) >= 11 is 0. The van der Waals surface area contributed by atoms with E-state index in [-0.39, 0.29) is 19.2 Å². The molecule has 0 aromatic carbocycles. The van der Waals surface area contributed by atoms with Crippen molar-refractivity contribution in [3.05, 3.63) is 22.3 Å². The number of esters is 2. The van der Waals surface area contributed by atoms with Crippen molar-refractivity contribution >= 4 is 11.9 Å². The third-order valence-electron chi connectivity index (χ3n) is 7.54. The van der Waals surface area contributed by atoms with E-state index in [0.29, 0.717) is 23.8 Å². The van der Waals surface area contributed by atoms with Gasteiger partial charge in [0.25, 0.3) is 5.09 Å². The largest absolute Gasteiger partial charge is 0.457 e. The van der Waals surface area contributed by atoms with Crippen LogP contribution in [0, 0.1) is 27.4 Å². The van der Waals surface area contributed by atoms with Gasteiger partial charge in [-0.1, -0.05) is 6.58 Å². The Kier molecular flexibility index (Phi) is 4.78. The summed E-state index contributed by atoms with van der Waals surface area (Å²) in [5, 5.41) is 9.80. The Hall–Kier alpha value is -2.20. The highest BCUT2D eigenvalue weighted by Gasteiger charge is 2.64. The van der Waals surface area contributed by atoms with Crippen molar-refractivity contribution in [2.75, 3.05) is 13.2 Å². The lowest BCUT2D eigenvalue weighted by molar-refractivity contribution is -0.769. The third-order valence-corrected chi connectivity index (χ3v) is 7.54. The fourth-order valence-electron chi connectivity index (χ4n) is 6.81. The predicted molar refractivity (Wildman–Crippen MR) is 102 cm³/mol. The highest BCUT2D eigenvalue weighted by molar-refractivity contribution is 5.87. The van der Waals surface area contributed by atoms with E-state index in [0.717, 1.165) is 32.1 Å². The zero-order chi connectivity index (χ0) is 22.0. The molecule has 2 heterocycles. The van der Waals surface area contributed by atoms with Crippen molar-refractivity contribution in [1.82, 2.24) is 0 Å². The van der Waals surface area contributed by atoms with Crippen LogP contribution in [0.2, 0.25) is 0 Å². The average molecular weight is 437 g/mol. The summed E-state index contributed by atoms with van der Waals surface area (Å²) in [6.07, 6.45) is 1.82. The molecule has 6 fully saturated rings. The minimum absolute atomic E-state index is 0.0135. The summed E-state index contributed by atoms with van der Waals surface area (Å²) in [4.78, 5) is 41.0. The summed E-state index contributed by atoms with van der Waals surface area (Å²) in [5.74, 6) is -0.0812. The molecule has 10 heteroatoms. The SMILES string of the molecule is C=C(C)C(=O)OC12CC3CC(C1)CC(C(=O)OC1COC4C(O[N+](=O)[O-])COC14)(C3)C2. The molecule has 2 saturated heterocycles. The van der Waals surface area contributed by atoms with E-state index in [4.69, 9.17) is 18.9 Å². The summed E-state index contributed by atoms with van der Waals surface area (Å²) in [6, 6.07) is 0. The van der Waals surface area contributed by atoms with E-state index in [1.165, 1.54) is 0 Å². The molecule has 0 aromatic rings. The maximum Gasteiger partial charge on any atom is 0.333 e. The summed E-state index contributed by atoms with van der Waals surface area (Å²) in [6.45, 7) is 5.43. The Labute approximate surface area is 179 Å². The van der Waals surface area contributed by atoms with Gasteiger partial charge >= 0.3 is 11.9 Å². The molecule has 31 heavy (non-hydrogen) atoms. The molecule has 10 nitrogen and oxygen atoms in total. The van der Waals surface area contributed by atoms with Crippen LogP contribution in [-0.2, 0) is 33.4 Å². The molecule has 4 aliphatic carbocycles. The fraction of sp³-hybridized carbons (Fsp3) is 0.810. The lowest BCUT2D eigenvalue weighted by atomic mass is 9.48. The number of carbonyl (C=O) groups excluding carboxylic acids is 2. The van der Waals surface area contributed by atoms with Gasteiger partial charge in [-0.3, -0.25) is 4.79 Å². The van der Waals surface area contributed by atoms with Crippen molar-refractivity contribution in [2.24, 2.45) is 17.3 Å². The second-order valence-corrected chi connectivity index (χ2v) is 10.0.